The molecule has 1 heterocycles. The minimum atomic E-state index is -0.223. The summed E-state index contributed by atoms with van der Waals surface area (Å²) in [6.07, 6.45) is 1.57. The number of hydrogen-bond acceptors (Lipinski definition) is 5. The topological polar surface area (TPSA) is 75.5 Å². The van der Waals surface area contributed by atoms with Crippen LogP contribution in [0.2, 0.25) is 0 Å². The van der Waals surface area contributed by atoms with Crippen LogP contribution in [0, 0.1) is 6.92 Å². The molecule has 0 radical (unpaired) electrons. The average molecular weight is 225 g/mol. The van der Waals surface area contributed by atoms with E-state index in [0.29, 0.717) is 0 Å². The summed E-state index contributed by atoms with van der Waals surface area (Å²) in [4.78, 5) is 20.7. The number of carbonyl (C=O) groups is 1. The van der Waals surface area contributed by atoms with E-state index in [0.717, 1.165) is 5.69 Å². The maximum absolute atomic E-state index is 11.4. The van der Waals surface area contributed by atoms with Crippen LogP contribution in [0.4, 0.5) is 0 Å². The van der Waals surface area contributed by atoms with Crippen LogP contribution in [0.3, 0.4) is 0 Å². The summed E-state index contributed by atoms with van der Waals surface area (Å²) in [5.74, 6) is -0.223. The van der Waals surface area contributed by atoms with Crippen LogP contribution in [0.1, 0.15) is 5.69 Å². The lowest BCUT2D eigenvalue weighted by Crippen LogP contribution is -2.33. The monoisotopic (exact) mass is 225 g/mol. The van der Waals surface area contributed by atoms with Crippen molar-refractivity contribution in [2.24, 2.45) is 0 Å². The lowest BCUT2D eigenvalue weighted by atomic mass is 10.5. The molecule has 6 heteroatoms. The lowest BCUT2D eigenvalue weighted by molar-refractivity contribution is -0.132. The van der Waals surface area contributed by atoms with Gasteiger partial charge in [-0.15, -0.1) is 0 Å². The van der Waals surface area contributed by atoms with Crippen molar-refractivity contribution in [3.05, 3.63) is 18.0 Å². The number of carbonyl (C=O) groups excluding carboxylic acids is 1. The highest BCUT2D eigenvalue weighted by molar-refractivity contribution is 5.77. The number of likely N-dealkylation sites (N-methyl/N-ethyl adjacent to an activating group) is 1. The molecule has 1 amide bonds. The smallest absolute Gasteiger partial charge is 0.317 e. The highest BCUT2D eigenvalue weighted by Crippen LogP contribution is 2.01. The number of rotatable bonds is 5. The quantitative estimate of drug-likeness (QED) is 0.739. The molecule has 0 aliphatic rings. The first-order chi connectivity index (χ1) is 7.63. The molecular formula is C10H15N3O3. The van der Waals surface area contributed by atoms with Crippen molar-refractivity contribution < 1.29 is 14.6 Å². The van der Waals surface area contributed by atoms with Crippen molar-refractivity contribution in [2.45, 2.75) is 6.92 Å². The van der Waals surface area contributed by atoms with Crippen molar-refractivity contribution >= 4 is 5.91 Å². The van der Waals surface area contributed by atoms with Crippen LogP contribution in [0.25, 0.3) is 0 Å². The van der Waals surface area contributed by atoms with E-state index in [1.54, 1.807) is 19.3 Å². The van der Waals surface area contributed by atoms with Crippen molar-refractivity contribution in [3.8, 4) is 6.01 Å². The molecule has 6 nitrogen and oxygen atoms in total. The molecule has 0 bridgehead atoms. The lowest BCUT2D eigenvalue weighted by Gasteiger charge is -2.15. The van der Waals surface area contributed by atoms with Gasteiger partial charge in [0.1, 0.15) is 0 Å². The first kappa shape index (κ1) is 12.4. The SMILES string of the molecule is Cc1ccnc(OCC(=O)N(C)CCO)n1. The summed E-state index contributed by atoms with van der Waals surface area (Å²) in [7, 11) is 1.60. The molecule has 0 aromatic carbocycles. The minimum Gasteiger partial charge on any atom is -0.453 e. The highest BCUT2D eigenvalue weighted by Gasteiger charge is 2.09. The van der Waals surface area contributed by atoms with Crippen LogP contribution >= 0.6 is 0 Å². The molecular weight excluding hydrogens is 210 g/mol. The summed E-state index contributed by atoms with van der Waals surface area (Å²) in [6.45, 7) is 1.91. The van der Waals surface area contributed by atoms with E-state index < -0.39 is 0 Å². The fraction of sp³-hybridized carbons (Fsp3) is 0.500. The van der Waals surface area contributed by atoms with Gasteiger partial charge in [-0.05, 0) is 13.0 Å². The maximum atomic E-state index is 11.4. The van der Waals surface area contributed by atoms with Crippen molar-refractivity contribution in [1.82, 2.24) is 14.9 Å². The Morgan fingerprint density at radius 3 is 3.00 bits per heavy atom. The number of aromatic nitrogens is 2. The normalized spacial score (nSPS) is 9.94. The molecule has 1 aromatic rings. The van der Waals surface area contributed by atoms with Gasteiger partial charge in [-0.1, -0.05) is 0 Å². The third-order valence-corrected chi connectivity index (χ3v) is 1.96. The molecule has 0 atom stereocenters. The third-order valence-electron chi connectivity index (χ3n) is 1.96. The predicted octanol–water partition coefficient (Wildman–Crippen LogP) is -0.385. The largest absolute Gasteiger partial charge is 0.453 e. The Morgan fingerprint density at radius 1 is 1.62 bits per heavy atom. The molecule has 0 aliphatic carbocycles. The molecule has 1 N–H and O–H groups in total. The van der Waals surface area contributed by atoms with Crippen LogP contribution < -0.4 is 4.74 Å². The minimum absolute atomic E-state index is 0.0663. The van der Waals surface area contributed by atoms with Gasteiger partial charge in [0.2, 0.25) is 0 Å². The van der Waals surface area contributed by atoms with E-state index in [1.165, 1.54) is 4.90 Å². The third kappa shape index (κ3) is 3.82. The summed E-state index contributed by atoms with van der Waals surface area (Å²) in [5.41, 5.74) is 0.779. The van der Waals surface area contributed by atoms with Gasteiger partial charge in [-0.25, -0.2) is 9.97 Å². The Hall–Kier alpha value is -1.69. The van der Waals surface area contributed by atoms with E-state index in [9.17, 15) is 4.79 Å². The van der Waals surface area contributed by atoms with Crippen molar-refractivity contribution in [1.29, 1.82) is 0 Å². The summed E-state index contributed by atoms with van der Waals surface area (Å²) < 4.78 is 5.12. The van der Waals surface area contributed by atoms with E-state index in [1.807, 2.05) is 6.92 Å². The number of hydrogen-bond donors (Lipinski definition) is 1. The van der Waals surface area contributed by atoms with Gasteiger partial charge in [0.25, 0.3) is 5.91 Å². The first-order valence-corrected chi connectivity index (χ1v) is 4.90. The standard InChI is InChI=1S/C10H15N3O3/c1-8-3-4-11-10(12-8)16-7-9(15)13(2)5-6-14/h3-4,14H,5-7H2,1-2H3. The molecule has 0 fully saturated rings. The molecule has 1 aromatic heterocycles. The van der Waals surface area contributed by atoms with Gasteiger partial charge in [0, 0.05) is 25.5 Å². The van der Waals surface area contributed by atoms with E-state index in [-0.39, 0.29) is 31.7 Å². The van der Waals surface area contributed by atoms with Crippen molar-refractivity contribution in [3.63, 3.8) is 0 Å². The second-order valence-corrected chi connectivity index (χ2v) is 3.31. The van der Waals surface area contributed by atoms with Crippen LogP contribution in [-0.4, -0.2) is 52.7 Å². The van der Waals surface area contributed by atoms with Gasteiger partial charge in [-0.3, -0.25) is 4.79 Å². The Kier molecular flexibility index (Phi) is 4.65. The van der Waals surface area contributed by atoms with Crippen molar-refractivity contribution in [2.75, 3.05) is 26.8 Å². The molecule has 0 aliphatic heterocycles. The number of ether oxygens (including phenoxy) is 1. The maximum Gasteiger partial charge on any atom is 0.317 e. The predicted molar refractivity (Wildman–Crippen MR) is 57.0 cm³/mol. The zero-order chi connectivity index (χ0) is 12.0. The van der Waals surface area contributed by atoms with Gasteiger partial charge >= 0.3 is 6.01 Å². The molecule has 16 heavy (non-hydrogen) atoms. The number of aliphatic hydroxyl groups is 1. The highest BCUT2D eigenvalue weighted by atomic mass is 16.5. The Balaban J connectivity index is 2.42. The average Bonchev–Trinajstić information content (AvgIpc) is 2.26. The van der Waals surface area contributed by atoms with E-state index >= 15 is 0 Å². The Labute approximate surface area is 93.9 Å². The van der Waals surface area contributed by atoms with Crippen LogP contribution in [0.15, 0.2) is 12.3 Å². The van der Waals surface area contributed by atoms with Gasteiger partial charge in [-0.2, -0.15) is 0 Å². The zero-order valence-corrected chi connectivity index (χ0v) is 9.38. The molecule has 88 valence electrons. The molecule has 0 unspecified atom stereocenters. The summed E-state index contributed by atoms with van der Waals surface area (Å²) >= 11 is 0. The van der Waals surface area contributed by atoms with Gasteiger partial charge < -0.3 is 14.7 Å². The number of amides is 1. The fourth-order valence-electron chi connectivity index (χ4n) is 1.01. The fourth-order valence-corrected chi connectivity index (χ4v) is 1.01. The van der Waals surface area contributed by atoms with Gasteiger partial charge in [0.15, 0.2) is 6.61 Å². The first-order valence-electron chi connectivity index (χ1n) is 4.90. The Bertz CT molecular complexity index is 357. The zero-order valence-electron chi connectivity index (χ0n) is 9.38. The molecule has 0 spiro atoms. The van der Waals surface area contributed by atoms with E-state index in [4.69, 9.17) is 9.84 Å². The molecule has 0 saturated heterocycles. The number of aryl methyl sites for hydroxylation is 1. The number of aliphatic hydroxyl groups excluding tert-OH is 1. The van der Waals surface area contributed by atoms with Gasteiger partial charge in [0.05, 0.1) is 6.61 Å². The molecule has 1 rings (SSSR count). The van der Waals surface area contributed by atoms with Crippen LogP contribution in [0.5, 0.6) is 6.01 Å². The molecule has 0 saturated carbocycles. The van der Waals surface area contributed by atoms with Crippen LogP contribution in [-0.2, 0) is 4.79 Å². The summed E-state index contributed by atoms with van der Waals surface area (Å²) in [5, 5.41) is 8.65. The van der Waals surface area contributed by atoms with E-state index in [2.05, 4.69) is 9.97 Å². The summed E-state index contributed by atoms with van der Waals surface area (Å²) in [6, 6.07) is 1.93. The second-order valence-electron chi connectivity index (χ2n) is 3.31. The second kappa shape index (κ2) is 6.02. The number of nitrogens with zero attached hydrogens (tertiary/aromatic N) is 3. The Morgan fingerprint density at radius 2 is 2.38 bits per heavy atom.